The van der Waals surface area contributed by atoms with Crippen LogP contribution in [0.3, 0.4) is 0 Å². The third kappa shape index (κ3) is 1.43. The lowest BCUT2D eigenvalue weighted by molar-refractivity contribution is 0.628. The fraction of sp³-hybridized carbons (Fsp3) is 0.308. The molecule has 0 radical (unpaired) electrons. The van der Waals surface area contributed by atoms with Crippen LogP contribution in [0, 0.1) is 12.7 Å². The Labute approximate surface area is 92.1 Å². The predicted molar refractivity (Wildman–Crippen MR) is 61.2 cm³/mol. The van der Waals surface area contributed by atoms with Crippen LogP contribution in [0.1, 0.15) is 30.0 Å². The van der Waals surface area contributed by atoms with Crippen molar-refractivity contribution in [3.05, 3.63) is 45.5 Å². The Hall–Kier alpha value is -1.64. The van der Waals surface area contributed by atoms with Gasteiger partial charge in [-0.05, 0) is 43.4 Å². The first-order valence-corrected chi connectivity index (χ1v) is 5.48. The number of nitrogens with one attached hydrogen (secondary N) is 1. The number of hydrogen-bond donors (Lipinski definition) is 1. The summed E-state index contributed by atoms with van der Waals surface area (Å²) >= 11 is 0. The summed E-state index contributed by atoms with van der Waals surface area (Å²) in [4.78, 5) is 15.1. The molecule has 82 valence electrons. The smallest absolute Gasteiger partial charge is 0.189 e. The zero-order valence-electron chi connectivity index (χ0n) is 9.01. The first kappa shape index (κ1) is 9.58. The van der Waals surface area contributed by atoms with Gasteiger partial charge in [0.2, 0.25) is 0 Å². The quantitative estimate of drug-likeness (QED) is 0.782. The lowest BCUT2D eigenvalue weighted by Crippen LogP contribution is -2.06. The highest BCUT2D eigenvalue weighted by Gasteiger charge is 2.25. The van der Waals surface area contributed by atoms with Gasteiger partial charge in [0.05, 0.1) is 5.52 Å². The summed E-state index contributed by atoms with van der Waals surface area (Å²) in [7, 11) is 0. The van der Waals surface area contributed by atoms with Gasteiger partial charge in [0, 0.05) is 17.1 Å². The number of pyridine rings is 1. The van der Waals surface area contributed by atoms with Crippen LogP contribution in [0.25, 0.3) is 10.9 Å². The van der Waals surface area contributed by atoms with E-state index in [1.54, 1.807) is 13.0 Å². The molecule has 2 nitrogen and oxygen atoms in total. The fourth-order valence-electron chi connectivity index (χ4n) is 2.19. The van der Waals surface area contributed by atoms with Crippen LogP contribution in [-0.4, -0.2) is 4.98 Å². The molecule has 2 aromatic rings. The molecule has 0 saturated heterocycles. The average Bonchev–Trinajstić information content (AvgIpc) is 2.97. The van der Waals surface area contributed by atoms with Gasteiger partial charge < -0.3 is 4.98 Å². The molecule has 0 atom stereocenters. The summed E-state index contributed by atoms with van der Waals surface area (Å²) in [6.45, 7) is 1.76. The van der Waals surface area contributed by atoms with E-state index < -0.39 is 0 Å². The first-order chi connectivity index (χ1) is 7.65. The molecule has 0 unspecified atom stereocenters. The summed E-state index contributed by atoms with van der Waals surface area (Å²) in [5.41, 5.74) is 2.25. The third-order valence-corrected chi connectivity index (χ3v) is 3.13. The maximum atomic E-state index is 13.3. The number of aromatic nitrogens is 1. The summed E-state index contributed by atoms with van der Waals surface area (Å²) in [5.74, 6) is 0.175. The van der Waals surface area contributed by atoms with Gasteiger partial charge in [-0.25, -0.2) is 4.39 Å². The second kappa shape index (κ2) is 3.17. The van der Waals surface area contributed by atoms with E-state index in [0.717, 1.165) is 18.5 Å². The molecular formula is C13H12FNO. The number of rotatable bonds is 1. The predicted octanol–water partition coefficient (Wildman–Crippen LogP) is 2.85. The van der Waals surface area contributed by atoms with Crippen molar-refractivity contribution >= 4 is 10.9 Å². The normalized spacial score (nSPS) is 15.6. The summed E-state index contributed by atoms with van der Waals surface area (Å²) in [6.07, 6.45) is 2.24. The van der Waals surface area contributed by atoms with E-state index in [2.05, 4.69) is 4.98 Å². The molecule has 3 rings (SSSR count). The van der Waals surface area contributed by atoms with Crippen LogP contribution in [0.5, 0.6) is 0 Å². The molecule has 3 heteroatoms. The van der Waals surface area contributed by atoms with E-state index >= 15 is 0 Å². The minimum atomic E-state index is -0.298. The van der Waals surface area contributed by atoms with Crippen LogP contribution < -0.4 is 5.43 Å². The molecule has 1 fully saturated rings. The van der Waals surface area contributed by atoms with Crippen LogP contribution >= 0.6 is 0 Å². The van der Waals surface area contributed by atoms with Gasteiger partial charge in [-0.3, -0.25) is 4.79 Å². The second-order valence-electron chi connectivity index (χ2n) is 4.51. The van der Waals surface area contributed by atoms with Gasteiger partial charge in [0.1, 0.15) is 5.82 Å². The first-order valence-electron chi connectivity index (χ1n) is 5.48. The highest BCUT2D eigenvalue weighted by Crippen LogP contribution is 2.38. The summed E-state index contributed by atoms with van der Waals surface area (Å²) < 4.78 is 13.3. The number of aromatic amines is 1. The van der Waals surface area contributed by atoms with Crippen LogP contribution in [0.4, 0.5) is 4.39 Å². The van der Waals surface area contributed by atoms with Crippen LogP contribution in [0.2, 0.25) is 0 Å². The van der Waals surface area contributed by atoms with E-state index in [-0.39, 0.29) is 11.2 Å². The molecule has 1 N–H and O–H groups in total. The fourth-order valence-corrected chi connectivity index (χ4v) is 2.19. The highest BCUT2D eigenvalue weighted by molar-refractivity contribution is 5.82. The van der Waals surface area contributed by atoms with Gasteiger partial charge in [0.15, 0.2) is 5.43 Å². The minimum absolute atomic E-state index is 0.00634. The monoisotopic (exact) mass is 217 g/mol. The molecule has 1 heterocycles. The van der Waals surface area contributed by atoms with Gasteiger partial charge in [-0.15, -0.1) is 0 Å². The number of aryl methyl sites for hydroxylation is 1. The van der Waals surface area contributed by atoms with Crippen LogP contribution in [-0.2, 0) is 0 Å². The molecule has 0 aliphatic heterocycles. The third-order valence-electron chi connectivity index (χ3n) is 3.13. The zero-order valence-corrected chi connectivity index (χ0v) is 9.01. The van der Waals surface area contributed by atoms with Crippen molar-refractivity contribution in [3.63, 3.8) is 0 Å². The molecule has 16 heavy (non-hydrogen) atoms. The van der Waals surface area contributed by atoms with Gasteiger partial charge in [0.25, 0.3) is 0 Å². The average molecular weight is 217 g/mol. The zero-order chi connectivity index (χ0) is 11.3. The molecule has 0 amide bonds. The molecule has 1 aromatic carbocycles. The lowest BCUT2D eigenvalue weighted by Gasteiger charge is -2.05. The van der Waals surface area contributed by atoms with Crippen molar-refractivity contribution in [1.29, 1.82) is 0 Å². The van der Waals surface area contributed by atoms with E-state index in [9.17, 15) is 9.18 Å². The highest BCUT2D eigenvalue weighted by atomic mass is 19.1. The molecular weight excluding hydrogens is 205 g/mol. The lowest BCUT2D eigenvalue weighted by atomic mass is 10.1. The van der Waals surface area contributed by atoms with E-state index in [1.807, 2.05) is 0 Å². The van der Waals surface area contributed by atoms with Crippen molar-refractivity contribution in [2.24, 2.45) is 0 Å². The Morgan fingerprint density at radius 3 is 2.75 bits per heavy atom. The molecule has 0 spiro atoms. The molecule has 1 aliphatic carbocycles. The largest absolute Gasteiger partial charge is 0.358 e. The van der Waals surface area contributed by atoms with E-state index in [4.69, 9.17) is 0 Å². The standard InChI is InChI=1S/C13H12FNO/c1-7-4-9(14)5-11-13(7)12(16)6-10(15-11)8-2-3-8/h4-6,8H,2-3H2,1H3,(H,15,16). The maximum absolute atomic E-state index is 13.3. The molecule has 1 saturated carbocycles. The summed E-state index contributed by atoms with van der Waals surface area (Å²) in [6, 6.07) is 4.45. The topological polar surface area (TPSA) is 32.9 Å². The number of H-pyrrole nitrogens is 1. The molecule has 1 aromatic heterocycles. The maximum Gasteiger partial charge on any atom is 0.189 e. The van der Waals surface area contributed by atoms with Crippen LogP contribution in [0.15, 0.2) is 23.0 Å². The van der Waals surface area contributed by atoms with E-state index in [1.165, 1.54) is 12.1 Å². The Balaban J connectivity index is 2.37. The summed E-state index contributed by atoms with van der Waals surface area (Å²) in [5, 5.41) is 0.603. The van der Waals surface area contributed by atoms with Gasteiger partial charge in [-0.1, -0.05) is 0 Å². The van der Waals surface area contributed by atoms with Gasteiger partial charge >= 0.3 is 0 Å². The molecule has 0 bridgehead atoms. The number of halogens is 1. The second-order valence-corrected chi connectivity index (χ2v) is 4.51. The number of hydrogen-bond acceptors (Lipinski definition) is 1. The van der Waals surface area contributed by atoms with Crippen molar-refractivity contribution in [3.8, 4) is 0 Å². The van der Waals surface area contributed by atoms with Gasteiger partial charge in [-0.2, -0.15) is 0 Å². The van der Waals surface area contributed by atoms with Crippen molar-refractivity contribution < 1.29 is 4.39 Å². The van der Waals surface area contributed by atoms with Crippen molar-refractivity contribution in [2.75, 3.05) is 0 Å². The Kier molecular flexibility index (Phi) is 1.90. The van der Waals surface area contributed by atoms with Crippen molar-refractivity contribution in [2.45, 2.75) is 25.7 Å². The molecule has 1 aliphatic rings. The Morgan fingerprint density at radius 1 is 1.31 bits per heavy atom. The Morgan fingerprint density at radius 2 is 2.06 bits per heavy atom. The van der Waals surface area contributed by atoms with Crippen molar-refractivity contribution in [1.82, 2.24) is 4.98 Å². The number of benzene rings is 1. The number of fused-ring (bicyclic) bond motifs is 1. The minimum Gasteiger partial charge on any atom is -0.358 e. The van der Waals surface area contributed by atoms with E-state index in [0.29, 0.717) is 22.4 Å². The SMILES string of the molecule is Cc1cc(F)cc2[nH]c(C3CC3)cc(=O)c12. The Bertz CT molecular complexity index is 626.